The Bertz CT molecular complexity index is 366. The van der Waals surface area contributed by atoms with Crippen molar-refractivity contribution < 1.29 is 19.4 Å². The van der Waals surface area contributed by atoms with Crippen molar-refractivity contribution in [2.24, 2.45) is 5.92 Å². The highest BCUT2D eigenvalue weighted by atomic mass is 31.2. The second-order valence-corrected chi connectivity index (χ2v) is 7.99. The summed E-state index contributed by atoms with van der Waals surface area (Å²) >= 11 is 0. The lowest BCUT2D eigenvalue weighted by atomic mass is 10.1. The third kappa shape index (κ3) is 11.2. The van der Waals surface area contributed by atoms with Crippen LogP contribution in [0.4, 0.5) is 0 Å². The number of carboxylic acid groups (broad SMARTS) is 1. The van der Waals surface area contributed by atoms with Gasteiger partial charge in [0.15, 0.2) is 0 Å². The minimum atomic E-state index is -3.11. The average molecular weight is 305 g/mol. The van der Waals surface area contributed by atoms with Crippen molar-refractivity contribution >= 4 is 13.3 Å². The van der Waals surface area contributed by atoms with Crippen LogP contribution in [0.1, 0.15) is 39.5 Å². The van der Waals surface area contributed by atoms with Crippen molar-refractivity contribution in [3.05, 3.63) is 11.6 Å². The van der Waals surface area contributed by atoms with Gasteiger partial charge in [-0.25, -0.2) is 0 Å². The van der Waals surface area contributed by atoms with Crippen LogP contribution < -0.4 is 5.32 Å². The third-order valence-electron chi connectivity index (χ3n) is 2.78. The standard InChI is InChI=1S/C14H28NO4P/c1-12(2)10-20(18,19)11-13(9-15-3)7-5-4-6-8-14(16)17/h7,12,15H,4-6,8-11H2,1-3H3,(H,16,17)(H,18,19)/b13-7-. The Morgan fingerprint density at radius 1 is 1.35 bits per heavy atom. The molecule has 1 atom stereocenters. The first-order chi connectivity index (χ1) is 9.26. The lowest BCUT2D eigenvalue weighted by Crippen LogP contribution is -2.14. The molecule has 0 spiro atoms. The summed E-state index contributed by atoms with van der Waals surface area (Å²) < 4.78 is 12.1. The number of carbonyl (C=O) groups is 1. The predicted molar refractivity (Wildman–Crippen MR) is 82.5 cm³/mol. The summed E-state index contributed by atoms with van der Waals surface area (Å²) in [6.07, 6.45) is 4.91. The van der Waals surface area contributed by atoms with Crippen molar-refractivity contribution in [3.63, 3.8) is 0 Å². The van der Waals surface area contributed by atoms with E-state index in [1.165, 1.54) is 0 Å². The molecule has 0 amide bonds. The van der Waals surface area contributed by atoms with E-state index in [0.29, 0.717) is 19.1 Å². The van der Waals surface area contributed by atoms with Gasteiger partial charge in [-0.3, -0.25) is 9.36 Å². The number of carboxylic acids is 1. The first kappa shape index (κ1) is 19.4. The highest BCUT2D eigenvalue weighted by molar-refractivity contribution is 7.58. The molecule has 0 aromatic heterocycles. The smallest absolute Gasteiger partial charge is 0.303 e. The van der Waals surface area contributed by atoms with Crippen LogP contribution >= 0.6 is 7.37 Å². The largest absolute Gasteiger partial charge is 0.481 e. The van der Waals surface area contributed by atoms with Gasteiger partial charge in [0.05, 0.1) is 0 Å². The predicted octanol–water partition coefficient (Wildman–Crippen LogP) is 2.70. The summed E-state index contributed by atoms with van der Waals surface area (Å²) in [5.74, 6) is -0.571. The van der Waals surface area contributed by atoms with Gasteiger partial charge in [0, 0.05) is 25.3 Å². The Morgan fingerprint density at radius 3 is 2.50 bits per heavy atom. The first-order valence-electron chi connectivity index (χ1n) is 7.12. The molecule has 5 nitrogen and oxygen atoms in total. The maximum absolute atomic E-state index is 12.1. The first-order valence-corrected chi connectivity index (χ1v) is 9.15. The number of aliphatic carboxylic acids is 1. The van der Waals surface area contributed by atoms with Crippen LogP contribution in [0.3, 0.4) is 0 Å². The van der Waals surface area contributed by atoms with Crippen molar-refractivity contribution in [1.29, 1.82) is 0 Å². The highest BCUT2D eigenvalue weighted by Gasteiger charge is 2.21. The van der Waals surface area contributed by atoms with Crippen LogP contribution in [-0.2, 0) is 9.36 Å². The molecule has 0 aromatic carbocycles. The molecule has 1 unspecified atom stereocenters. The third-order valence-corrected chi connectivity index (χ3v) is 4.98. The van der Waals surface area contributed by atoms with E-state index in [0.717, 1.165) is 18.4 Å². The van der Waals surface area contributed by atoms with Gasteiger partial charge in [0.25, 0.3) is 0 Å². The molecule has 118 valence electrons. The van der Waals surface area contributed by atoms with E-state index in [-0.39, 0.29) is 18.5 Å². The van der Waals surface area contributed by atoms with Gasteiger partial charge in [-0.05, 0) is 32.2 Å². The van der Waals surface area contributed by atoms with E-state index in [2.05, 4.69) is 5.32 Å². The number of unbranched alkanes of at least 4 members (excludes halogenated alkanes) is 2. The quantitative estimate of drug-likeness (QED) is 0.310. The lowest BCUT2D eigenvalue weighted by molar-refractivity contribution is -0.137. The number of allylic oxidation sites excluding steroid dienone is 1. The molecule has 0 aliphatic rings. The van der Waals surface area contributed by atoms with Crippen molar-refractivity contribution in [2.75, 3.05) is 25.9 Å². The van der Waals surface area contributed by atoms with E-state index in [1.807, 2.05) is 27.0 Å². The fourth-order valence-electron chi connectivity index (χ4n) is 2.10. The summed E-state index contributed by atoms with van der Waals surface area (Å²) in [4.78, 5) is 20.4. The van der Waals surface area contributed by atoms with Crippen LogP contribution in [0.15, 0.2) is 11.6 Å². The summed E-state index contributed by atoms with van der Waals surface area (Å²) in [6, 6.07) is 0. The van der Waals surface area contributed by atoms with Gasteiger partial charge in [0.2, 0.25) is 7.37 Å². The number of hydrogen-bond donors (Lipinski definition) is 3. The van der Waals surface area contributed by atoms with E-state index in [1.54, 1.807) is 0 Å². The van der Waals surface area contributed by atoms with Gasteiger partial charge in [0.1, 0.15) is 0 Å². The Labute approximate surface area is 121 Å². The summed E-state index contributed by atoms with van der Waals surface area (Å²) in [7, 11) is -1.30. The van der Waals surface area contributed by atoms with Crippen LogP contribution in [0, 0.1) is 5.92 Å². The number of rotatable bonds is 11. The van der Waals surface area contributed by atoms with Crippen LogP contribution in [0.5, 0.6) is 0 Å². The van der Waals surface area contributed by atoms with Gasteiger partial charge in [-0.2, -0.15) is 0 Å². The molecule has 3 N–H and O–H groups in total. The summed E-state index contributed by atoms with van der Waals surface area (Å²) in [5.41, 5.74) is 0.939. The summed E-state index contributed by atoms with van der Waals surface area (Å²) in [6.45, 7) is 4.48. The normalized spacial score (nSPS) is 15.3. The Balaban J connectivity index is 4.33. The van der Waals surface area contributed by atoms with Crippen LogP contribution in [-0.4, -0.2) is 41.9 Å². The maximum Gasteiger partial charge on any atom is 0.303 e. The monoisotopic (exact) mass is 305 g/mol. The zero-order valence-corrected chi connectivity index (χ0v) is 13.7. The minimum absolute atomic E-state index is 0.182. The Hall–Kier alpha value is -0.640. The fraction of sp³-hybridized carbons (Fsp3) is 0.786. The van der Waals surface area contributed by atoms with E-state index < -0.39 is 13.3 Å². The SMILES string of the molecule is CNC/C(=C/CCCCC(=O)O)CP(=O)(O)CC(C)C. The maximum atomic E-state index is 12.1. The van der Waals surface area contributed by atoms with E-state index in [4.69, 9.17) is 5.11 Å². The molecule has 0 saturated heterocycles. The summed E-state index contributed by atoms with van der Waals surface area (Å²) in [5, 5.41) is 11.6. The lowest BCUT2D eigenvalue weighted by Gasteiger charge is -2.16. The average Bonchev–Trinajstić information content (AvgIpc) is 2.25. The molecular formula is C14H28NO4P. The van der Waals surface area contributed by atoms with Gasteiger partial charge in [-0.15, -0.1) is 0 Å². The molecule has 0 radical (unpaired) electrons. The number of nitrogens with one attached hydrogen (secondary N) is 1. The zero-order valence-electron chi connectivity index (χ0n) is 12.8. The Kier molecular flexibility index (Phi) is 9.82. The minimum Gasteiger partial charge on any atom is -0.481 e. The Morgan fingerprint density at radius 2 is 2.00 bits per heavy atom. The van der Waals surface area contributed by atoms with Gasteiger partial charge < -0.3 is 15.3 Å². The molecule has 0 heterocycles. The number of likely N-dealkylation sites (N-methyl/N-ethyl adjacent to an activating group) is 1. The molecule has 0 aromatic rings. The van der Waals surface area contributed by atoms with Crippen LogP contribution in [0.25, 0.3) is 0 Å². The molecule has 0 bridgehead atoms. The zero-order chi connectivity index (χ0) is 15.6. The van der Waals surface area contributed by atoms with E-state index >= 15 is 0 Å². The fourth-order valence-corrected chi connectivity index (χ4v) is 4.24. The number of hydrogen-bond acceptors (Lipinski definition) is 3. The van der Waals surface area contributed by atoms with Crippen molar-refractivity contribution in [1.82, 2.24) is 5.32 Å². The second-order valence-electron chi connectivity index (χ2n) is 5.61. The van der Waals surface area contributed by atoms with Gasteiger partial charge in [-0.1, -0.05) is 25.5 Å². The molecule has 0 aliphatic carbocycles. The molecule has 0 rings (SSSR count). The topological polar surface area (TPSA) is 86.6 Å². The molecule has 0 fully saturated rings. The molecule has 6 heteroatoms. The van der Waals surface area contributed by atoms with E-state index in [9.17, 15) is 14.3 Å². The second kappa shape index (κ2) is 10.1. The van der Waals surface area contributed by atoms with Crippen molar-refractivity contribution in [3.8, 4) is 0 Å². The molecule has 20 heavy (non-hydrogen) atoms. The van der Waals surface area contributed by atoms with Crippen LogP contribution in [0.2, 0.25) is 0 Å². The molecular weight excluding hydrogens is 277 g/mol. The highest BCUT2D eigenvalue weighted by Crippen LogP contribution is 2.44. The van der Waals surface area contributed by atoms with Crippen molar-refractivity contribution in [2.45, 2.75) is 39.5 Å². The molecule has 0 aliphatic heterocycles. The van der Waals surface area contributed by atoms with Gasteiger partial charge >= 0.3 is 5.97 Å². The molecule has 0 saturated carbocycles.